The van der Waals surface area contributed by atoms with Gasteiger partial charge in [-0.15, -0.1) is 11.8 Å². The Morgan fingerprint density at radius 1 is 1.00 bits per heavy atom. The lowest BCUT2D eigenvalue weighted by atomic mass is 10.1. The van der Waals surface area contributed by atoms with E-state index < -0.39 is 6.04 Å². The summed E-state index contributed by atoms with van der Waals surface area (Å²) in [6.07, 6.45) is 0. The number of benzene rings is 2. The Labute approximate surface area is 203 Å². The summed E-state index contributed by atoms with van der Waals surface area (Å²) >= 11 is 19.5. The van der Waals surface area contributed by atoms with Crippen molar-refractivity contribution in [1.82, 2.24) is 10.2 Å². The molecule has 0 aliphatic carbocycles. The Bertz CT molecular complexity index is 914. The average molecular weight is 502 g/mol. The van der Waals surface area contributed by atoms with E-state index in [0.29, 0.717) is 27.4 Å². The molecule has 168 valence electrons. The maximum Gasteiger partial charge on any atom is 0.242 e. The van der Waals surface area contributed by atoms with Gasteiger partial charge in [-0.1, -0.05) is 53.0 Å². The lowest BCUT2D eigenvalue weighted by Gasteiger charge is -2.31. The highest BCUT2D eigenvalue weighted by Crippen LogP contribution is 2.25. The van der Waals surface area contributed by atoms with Crippen LogP contribution >= 0.6 is 46.6 Å². The van der Waals surface area contributed by atoms with Crippen LogP contribution in [0.3, 0.4) is 0 Å². The third kappa shape index (κ3) is 8.57. The number of hydrogen-bond acceptors (Lipinski definition) is 3. The number of halogens is 3. The largest absolute Gasteiger partial charge is 0.350 e. The molecule has 0 unspecified atom stereocenters. The van der Waals surface area contributed by atoms with E-state index >= 15 is 0 Å². The third-order valence-corrected chi connectivity index (χ3v) is 6.39. The van der Waals surface area contributed by atoms with Crippen molar-refractivity contribution in [3.05, 3.63) is 68.7 Å². The van der Waals surface area contributed by atoms with Crippen LogP contribution in [0.1, 0.15) is 38.8 Å². The first-order valence-electron chi connectivity index (χ1n) is 9.84. The third-order valence-electron chi connectivity index (χ3n) is 4.41. The van der Waals surface area contributed by atoms with Gasteiger partial charge in [0.2, 0.25) is 11.8 Å². The van der Waals surface area contributed by atoms with Crippen molar-refractivity contribution in [3.63, 3.8) is 0 Å². The van der Waals surface area contributed by atoms with E-state index in [1.807, 2.05) is 39.0 Å². The minimum atomic E-state index is -0.618. The summed E-state index contributed by atoms with van der Waals surface area (Å²) in [4.78, 5) is 27.4. The molecule has 0 saturated carbocycles. The summed E-state index contributed by atoms with van der Waals surface area (Å²) in [5.74, 6) is 0.543. The molecular formula is C23H27Cl3N2O2S. The number of carbonyl (C=O) groups is 2. The van der Waals surface area contributed by atoms with Crippen molar-refractivity contribution in [2.45, 2.75) is 51.6 Å². The second kappa shape index (κ2) is 11.5. The first-order chi connectivity index (χ1) is 14.5. The fourth-order valence-electron chi connectivity index (χ4n) is 2.81. The molecule has 4 nitrogen and oxygen atoms in total. The number of amides is 2. The fraction of sp³-hybridized carbons (Fsp3) is 0.391. The number of carbonyl (C=O) groups excluding carboxylic acids is 2. The van der Waals surface area contributed by atoms with Crippen molar-refractivity contribution >= 4 is 58.4 Å². The molecule has 2 aromatic carbocycles. The van der Waals surface area contributed by atoms with Gasteiger partial charge in [-0.25, -0.2) is 0 Å². The molecule has 0 aliphatic heterocycles. The number of thioether (sulfide) groups is 1. The van der Waals surface area contributed by atoms with Gasteiger partial charge in [0.05, 0.1) is 15.8 Å². The van der Waals surface area contributed by atoms with Crippen LogP contribution in [0.4, 0.5) is 0 Å². The lowest BCUT2D eigenvalue weighted by molar-refractivity contribution is -0.139. The van der Waals surface area contributed by atoms with Crippen LogP contribution in [0.15, 0.2) is 42.5 Å². The molecule has 0 spiro atoms. The number of rotatable bonds is 8. The Morgan fingerprint density at radius 2 is 1.61 bits per heavy atom. The van der Waals surface area contributed by atoms with Crippen molar-refractivity contribution in [2.75, 3.05) is 5.75 Å². The highest BCUT2D eigenvalue weighted by molar-refractivity contribution is 7.99. The van der Waals surface area contributed by atoms with E-state index in [9.17, 15) is 9.59 Å². The lowest BCUT2D eigenvalue weighted by Crippen LogP contribution is -2.52. The molecule has 2 rings (SSSR count). The summed E-state index contributed by atoms with van der Waals surface area (Å²) in [7, 11) is 0. The van der Waals surface area contributed by atoms with Gasteiger partial charge in [0, 0.05) is 22.9 Å². The molecule has 0 aliphatic rings. The van der Waals surface area contributed by atoms with Crippen LogP contribution in [0, 0.1) is 0 Å². The van der Waals surface area contributed by atoms with Gasteiger partial charge in [-0.05, 0) is 63.1 Å². The van der Waals surface area contributed by atoms with E-state index in [0.717, 1.165) is 11.1 Å². The van der Waals surface area contributed by atoms with Crippen LogP contribution in [0.5, 0.6) is 0 Å². The SMILES string of the molecule is C[C@H](C(=O)NC(C)(C)C)N(Cc1ccc(Cl)cc1)C(=O)CSCc1ccc(Cl)c(Cl)c1. The zero-order chi connectivity index (χ0) is 23.2. The molecule has 1 atom stereocenters. The van der Waals surface area contributed by atoms with Crippen LogP contribution in [-0.4, -0.2) is 34.0 Å². The molecule has 0 saturated heterocycles. The minimum Gasteiger partial charge on any atom is -0.350 e. The second-order valence-electron chi connectivity index (χ2n) is 8.30. The number of nitrogens with zero attached hydrogens (tertiary/aromatic N) is 1. The molecule has 0 bridgehead atoms. The van der Waals surface area contributed by atoms with E-state index in [2.05, 4.69) is 5.32 Å². The van der Waals surface area contributed by atoms with Crippen molar-refractivity contribution in [2.24, 2.45) is 0 Å². The van der Waals surface area contributed by atoms with E-state index in [1.165, 1.54) is 11.8 Å². The van der Waals surface area contributed by atoms with Gasteiger partial charge < -0.3 is 10.2 Å². The molecule has 1 N–H and O–H groups in total. The zero-order valence-corrected chi connectivity index (χ0v) is 21.1. The molecule has 2 aromatic rings. The first kappa shape index (κ1) is 25.9. The topological polar surface area (TPSA) is 49.4 Å². The monoisotopic (exact) mass is 500 g/mol. The summed E-state index contributed by atoms with van der Waals surface area (Å²) in [5.41, 5.74) is 1.50. The number of nitrogens with one attached hydrogen (secondary N) is 1. The molecule has 0 fully saturated rings. The van der Waals surface area contributed by atoms with Gasteiger partial charge in [0.25, 0.3) is 0 Å². The summed E-state index contributed by atoms with van der Waals surface area (Å²) < 4.78 is 0. The Kier molecular flexibility index (Phi) is 9.56. The number of hydrogen-bond donors (Lipinski definition) is 1. The summed E-state index contributed by atoms with van der Waals surface area (Å²) in [6, 6.07) is 12.1. The van der Waals surface area contributed by atoms with Crippen molar-refractivity contribution in [3.8, 4) is 0 Å². The molecule has 0 heterocycles. The van der Waals surface area contributed by atoms with E-state index in [4.69, 9.17) is 34.8 Å². The van der Waals surface area contributed by atoms with Crippen molar-refractivity contribution < 1.29 is 9.59 Å². The minimum absolute atomic E-state index is 0.114. The molecule has 2 amide bonds. The predicted octanol–water partition coefficient (Wildman–Crippen LogP) is 6.21. The standard InChI is InChI=1S/C23H27Cl3N2O2S/c1-15(22(30)27-23(2,3)4)28(12-16-5-8-18(24)9-6-16)21(29)14-31-13-17-7-10-19(25)20(26)11-17/h5-11,15H,12-14H2,1-4H3,(H,27,30)/t15-/m1/s1. The maximum atomic E-state index is 13.1. The fourth-order valence-corrected chi connectivity index (χ4v) is 4.12. The Balaban J connectivity index is 2.09. The molecular weight excluding hydrogens is 475 g/mol. The maximum absolute atomic E-state index is 13.1. The summed E-state index contributed by atoms with van der Waals surface area (Å²) in [6.45, 7) is 7.81. The van der Waals surface area contributed by atoms with Crippen LogP contribution < -0.4 is 5.32 Å². The zero-order valence-electron chi connectivity index (χ0n) is 18.0. The molecule has 0 radical (unpaired) electrons. The molecule has 31 heavy (non-hydrogen) atoms. The van der Waals surface area contributed by atoms with Crippen LogP contribution in [0.2, 0.25) is 15.1 Å². The van der Waals surface area contributed by atoms with E-state index in [-0.39, 0.29) is 23.1 Å². The highest BCUT2D eigenvalue weighted by Gasteiger charge is 2.28. The van der Waals surface area contributed by atoms with Gasteiger partial charge in [0.15, 0.2) is 0 Å². The van der Waals surface area contributed by atoms with Crippen molar-refractivity contribution in [1.29, 1.82) is 0 Å². The van der Waals surface area contributed by atoms with Crippen LogP contribution in [-0.2, 0) is 21.9 Å². The van der Waals surface area contributed by atoms with Gasteiger partial charge in [-0.2, -0.15) is 0 Å². The molecule has 0 aromatic heterocycles. The first-order valence-corrected chi connectivity index (χ1v) is 12.1. The Hall–Kier alpha value is -1.40. The van der Waals surface area contributed by atoms with E-state index in [1.54, 1.807) is 36.1 Å². The quantitative estimate of drug-likeness (QED) is 0.468. The van der Waals surface area contributed by atoms with Gasteiger partial charge in [-0.3, -0.25) is 9.59 Å². The Morgan fingerprint density at radius 3 is 2.19 bits per heavy atom. The van der Waals surface area contributed by atoms with Crippen LogP contribution in [0.25, 0.3) is 0 Å². The van der Waals surface area contributed by atoms with Gasteiger partial charge in [0.1, 0.15) is 6.04 Å². The predicted molar refractivity (Wildman–Crippen MR) is 132 cm³/mol. The highest BCUT2D eigenvalue weighted by atomic mass is 35.5. The van der Waals surface area contributed by atoms with Gasteiger partial charge >= 0.3 is 0 Å². The summed E-state index contributed by atoms with van der Waals surface area (Å²) in [5, 5.41) is 4.57. The smallest absolute Gasteiger partial charge is 0.242 e. The molecule has 8 heteroatoms. The normalized spacial score (nSPS) is 12.4. The average Bonchev–Trinajstić information content (AvgIpc) is 2.68. The second-order valence-corrected chi connectivity index (χ2v) is 10.5.